The standard InChI is InChI=1S/C9H10N4O/c1-6-9(14)13(7(2)12-6)8-5-10-3-4-11-8/h3-6,12H,2H2,1H3. The monoisotopic (exact) mass is 190 g/mol. The smallest absolute Gasteiger partial charge is 0.256 e. The predicted octanol–water partition coefficient (Wildman–Crippen LogP) is 0.272. The summed E-state index contributed by atoms with van der Waals surface area (Å²) in [5.74, 6) is 0.984. The third-order valence-electron chi connectivity index (χ3n) is 2.02. The fourth-order valence-corrected chi connectivity index (χ4v) is 1.36. The Bertz CT molecular complexity index is 376. The van der Waals surface area contributed by atoms with E-state index < -0.39 is 0 Å². The Morgan fingerprint density at radius 3 is 2.86 bits per heavy atom. The number of carbonyl (C=O) groups excluding carboxylic acids is 1. The van der Waals surface area contributed by atoms with Crippen LogP contribution in [-0.2, 0) is 4.79 Å². The minimum atomic E-state index is -0.246. The molecule has 5 heteroatoms. The molecular weight excluding hydrogens is 180 g/mol. The van der Waals surface area contributed by atoms with E-state index in [1.165, 1.54) is 11.1 Å². The van der Waals surface area contributed by atoms with E-state index in [9.17, 15) is 4.79 Å². The van der Waals surface area contributed by atoms with Crippen LogP contribution in [0.15, 0.2) is 31.0 Å². The van der Waals surface area contributed by atoms with Crippen molar-refractivity contribution in [3.63, 3.8) is 0 Å². The molecule has 1 amide bonds. The van der Waals surface area contributed by atoms with Gasteiger partial charge in [-0.25, -0.2) is 9.88 Å². The summed E-state index contributed by atoms with van der Waals surface area (Å²) in [5.41, 5.74) is 0. The summed E-state index contributed by atoms with van der Waals surface area (Å²) in [4.78, 5) is 21.0. The number of hydrogen-bond acceptors (Lipinski definition) is 4. The molecule has 14 heavy (non-hydrogen) atoms. The lowest BCUT2D eigenvalue weighted by atomic mass is 10.3. The van der Waals surface area contributed by atoms with Gasteiger partial charge in [-0.3, -0.25) is 9.78 Å². The van der Waals surface area contributed by atoms with Gasteiger partial charge in [0.1, 0.15) is 11.9 Å². The van der Waals surface area contributed by atoms with Crippen molar-refractivity contribution in [3.05, 3.63) is 31.0 Å². The summed E-state index contributed by atoms with van der Waals surface area (Å²) in [6, 6.07) is -0.246. The second-order valence-corrected chi connectivity index (χ2v) is 3.05. The van der Waals surface area contributed by atoms with Gasteiger partial charge in [-0.15, -0.1) is 0 Å². The van der Waals surface area contributed by atoms with E-state index >= 15 is 0 Å². The number of nitrogens with zero attached hydrogens (tertiary/aromatic N) is 3. The first-order chi connectivity index (χ1) is 6.70. The normalized spacial score (nSPS) is 21.2. The summed E-state index contributed by atoms with van der Waals surface area (Å²) in [5, 5.41) is 2.93. The average molecular weight is 190 g/mol. The van der Waals surface area contributed by atoms with E-state index in [0.717, 1.165) is 0 Å². The maximum absolute atomic E-state index is 11.7. The number of hydrogen-bond donors (Lipinski definition) is 1. The van der Waals surface area contributed by atoms with Gasteiger partial charge in [0.25, 0.3) is 5.91 Å². The van der Waals surface area contributed by atoms with Crippen LogP contribution in [0.25, 0.3) is 0 Å². The van der Waals surface area contributed by atoms with E-state index in [1.807, 2.05) is 0 Å². The van der Waals surface area contributed by atoms with Crippen LogP contribution < -0.4 is 10.2 Å². The van der Waals surface area contributed by atoms with Gasteiger partial charge in [-0.05, 0) is 6.92 Å². The Kier molecular flexibility index (Phi) is 1.92. The molecule has 1 atom stereocenters. The van der Waals surface area contributed by atoms with Crippen LogP contribution in [0.3, 0.4) is 0 Å². The highest BCUT2D eigenvalue weighted by molar-refractivity contribution is 6.01. The molecular formula is C9H10N4O. The van der Waals surface area contributed by atoms with Gasteiger partial charge in [-0.2, -0.15) is 0 Å². The van der Waals surface area contributed by atoms with Gasteiger partial charge in [0.2, 0.25) is 0 Å². The second kappa shape index (κ2) is 3.10. The van der Waals surface area contributed by atoms with E-state index in [4.69, 9.17) is 0 Å². The van der Waals surface area contributed by atoms with Gasteiger partial charge < -0.3 is 5.32 Å². The molecule has 1 aromatic heterocycles. The largest absolute Gasteiger partial charge is 0.360 e. The quantitative estimate of drug-likeness (QED) is 0.690. The number of amides is 1. The maximum Gasteiger partial charge on any atom is 0.256 e. The summed E-state index contributed by atoms with van der Waals surface area (Å²) >= 11 is 0. The zero-order valence-corrected chi connectivity index (χ0v) is 7.77. The lowest BCUT2D eigenvalue weighted by Crippen LogP contribution is -2.28. The van der Waals surface area contributed by atoms with Crippen molar-refractivity contribution in [1.29, 1.82) is 0 Å². The first-order valence-electron chi connectivity index (χ1n) is 4.25. The number of carbonyl (C=O) groups is 1. The van der Waals surface area contributed by atoms with Crippen LogP contribution in [0.4, 0.5) is 5.82 Å². The number of aromatic nitrogens is 2. The lowest BCUT2D eigenvalue weighted by Gasteiger charge is -2.13. The van der Waals surface area contributed by atoms with Crippen molar-refractivity contribution < 1.29 is 4.79 Å². The van der Waals surface area contributed by atoms with Gasteiger partial charge >= 0.3 is 0 Å². The molecule has 1 fully saturated rings. The minimum Gasteiger partial charge on any atom is -0.360 e. The van der Waals surface area contributed by atoms with E-state index in [1.54, 1.807) is 19.3 Å². The summed E-state index contributed by atoms with van der Waals surface area (Å²) in [6.45, 7) is 5.52. The Hall–Kier alpha value is -1.91. The molecule has 0 aliphatic carbocycles. The zero-order valence-electron chi connectivity index (χ0n) is 7.77. The Labute approximate surface area is 81.5 Å². The lowest BCUT2D eigenvalue weighted by molar-refractivity contribution is -0.118. The summed E-state index contributed by atoms with van der Waals surface area (Å²) in [7, 11) is 0. The van der Waals surface area contributed by atoms with Crippen LogP contribution >= 0.6 is 0 Å². The zero-order chi connectivity index (χ0) is 10.1. The average Bonchev–Trinajstić information content (AvgIpc) is 2.43. The van der Waals surface area contributed by atoms with Crippen LogP contribution in [0.5, 0.6) is 0 Å². The Balaban J connectivity index is 2.36. The second-order valence-electron chi connectivity index (χ2n) is 3.05. The molecule has 72 valence electrons. The van der Waals surface area contributed by atoms with Gasteiger partial charge in [0.05, 0.1) is 6.20 Å². The molecule has 0 aromatic carbocycles. The maximum atomic E-state index is 11.7. The highest BCUT2D eigenvalue weighted by atomic mass is 16.2. The van der Waals surface area contributed by atoms with Crippen molar-refractivity contribution in [2.75, 3.05) is 4.90 Å². The molecule has 1 unspecified atom stereocenters. The highest BCUT2D eigenvalue weighted by Crippen LogP contribution is 2.19. The van der Waals surface area contributed by atoms with Crippen molar-refractivity contribution in [2.45, 2.75) is 13.0 Å². The molecule has 1 saturated heterocycles. The molecule has 0 spiro atoms. The first-order valence-corrected chi connectivity index (χ1v) is 4.25. The van der Waals surface area contributed by atoms with Gasteiger partial charge in [0, 0.05) is 12.4 Å². The molecule has 2 rings (SSSR count). The van der Waals surface area contributed by atoms with Crippen molar-refractivity contribution in [3.8, 4) is 0 Å². The topological polar surface area (TPSA) is 58.1 Å². The third kappa shape index (κ3) is 1.22. The van der Waals surface area contributed by atoms with Gasteiger partial charge in [-0.1, -0.05) is 6.58 Å². The Morgan fingerprint density at radius 2 is 2.36 bits per heavy atom. The number of anilines is 1. The van der Waals surface area contributed by atoms with Crippen molar-refractivity contribution >= 4 is 11.7 Å². The highest BCUT2D eigenvalue weighted by Gasteiger charge is 2.32. The third-order valence-corrected chi connectivity index (χ3v) is 2.02. The van der Waals surface area contributed by atoms with Crippen molar-refractivity contribution in [2.24, 2.45) is 0 Å². The van der Waals surface area contributed by atoms with Crippen LogP contribution in [0.2, 0.25) is 0 Å². The fraction of sp³-hybridized carbons (Fsp3) is 0.222. The molecule has 1 aromatic rings. The number of rotatable bonds is 1. The molecule has 0 radical (unpaired) electrons. The summed E-state index contributed by atoms with van der Waals surface area (Å²) in [6.07, 6.45) is 4.63. The predicted molar refractivity (Wildman–Crippen MR) is 51.3 cm³/mol. The molecule has 0 saturated carbocycles. The molecule has 1 N–H and O–H groups in total. The summed E-state index contributed by atoms with van der Waals surface area (Å²) < 4.78 is 0. The minimum absolute atomic E-state index is 0.0597. The van der Waals surface area contributed by atoms with E-state index in [0.29, 0.717) is 11.6 Å². The fourth-order valence-electron chi connectivity index (χ4n) is 1.36. The molecule has 2 heterocycles. The van der Waals surface area contributed by atoms with Crippen LogP contribution in [-0.4, -0.2) is 21.9 Å². The van der Waals surface area contributed by atoms with Crippen LogP contribution in [0, 0.1) is 0 Å². The van der Waals surface area contributed by atoms with Crippen LogP contribution in [0.1, 0.15) is 6.92 Å². The van der Waals surface area contributed by atoms with E-state index in [-0.39, 0.29) is 11.9 Å². The van der Waals surface area contributed by atoms with E-state index in [2.05, 4.69) is 21.9 Å². The molecule has 1 aliphatic rings. The van der Waals surface area contributed by atoms with Crippen molar-refractivity contribution in [1.82, 2.24) is 15.3 Å². The first kappa shape index (κ1) is 8.68. The molecule has 1 aliphatic heterocycles. The Morgan fingerprint density at radius 1 is 1.57 bits per heavy atom. The molecule has 0 bridgehead atoms. The number of nitrogens with one attached hydrogen (secondary N) is 1. The molecule has 5 nitrogen and oxygen atoms in total. The SMILES string of the molecule is C=C1NC(C)C(=O)N1c1cnccn1. The van der Waals surface area contributed by atoms with Gasteiger partial charge in [0.15, 0.2) is 5.82 Å².